The highest BCUT2D eigenvalue weighted by Gasteiger charge is 2.13. The van der Waals surface area contributed by atoms with Gasteiger partial charge in [0.1, 0.15) is 11.3 Å². The van der Waals surface area contributed by atoms with E-state index in [-0.39, 0.29) is 12.2 Å². The molecule has 1 heterocycles. The van der Waals surface area contributed by atoms with Crippen LogP contribution in [0.2, 0.25) is 0 Å². The second-order valence-corrected chi connectivity index (χ2v) is 4.32. The molecule has 0 saturated heterocycles. The van der Waals surface area contributed by atoms with Crippen LogP contribution in [0, 0.1) is 5.82 Å². The van der Waals surface area contributed by atoms with Crippen LogP contribution in [-0.4, -0.2) is 21.3 Å². The number of primary amides is 1. The van der Waals surface area contributed by atoms with E-state index in [0.29, 0.717) is 35.7 Å². The van der Waals surface area contributed by atoms with E-state index < -0.39 is 5.91 Å². The van der Waals surface area contributed by atoms with Crippen molar-refractivity contribution < 1.29 is 9.18 Å². The number of nitrogens with two attached hydrogens (primary N) is 1. The number of imidazole rings is 1. The number of carbonyl (C=O) groups excluding carboxylic acids is 1. The predicted octanol–water partition coefficient (Wildman–Crippen LogP) is 1.83. The lowest BCUT2D eigenvalue weighted by Crippen LogP contribution is -2.15. The van der Waals surface area contributed by atoms with Gasteiger partial charge in [-0.25, -0.2) is 9.37 Å². The van der Waals surface area contributed by atoms with Crippen molar-refractivity contribution in [2.24, 2.45) is 5.73 Å². The molecule has 4 nitrogen and oxygen atoms in total. The first-order chi connectivity index (χ1) is 8.63. The minimum atomic E-state index is -0.398. The Bertz CT molecular complexity index is 582. The van der Waals surface area contributed by atoms with Gasteiger partial charge in [-0.1, -0.05) is 6.07 Å². The van der Waals surface area contributed by atoms with E-state index in [1.165, 1.54) is 6.07 Å². The normalized spacial score (nSPS) is 11.0. The average Bonchev–Trinajstić information content (AvgIpc) is 2.66. The molecule has 1 amide bonds. The van der Waals surface area contributed by atoms with Gasteiger partial charge in [0.15, 0.2) is 5.82 Å². The van der Waals surface area contributed by atoms with Crippen LogP contribution in [0.15, 0.2) is 18.2 Å². The zero-order valence-electron chi connectivity index (χ0n) is 9.70. The van der Waals surface area contributed by atoms with E-state index in [0.717, 1.165) is 0 Å². The molecule has 0 saturated carbocycles. The standard InChI is InChI=1S/C12H13ClFN3O/c13-6-4-11-16-12-8(14)2-1-3-9(12)17(11)7-5-10(15)18/h1-3H,4-7H2,(H2,15,18). The molecule has 1 aromatic carbocycles. The van der Waals surface area contributed by atoms with Gasteiger partial charge in [0.05, 0.1) is 5.52 Å². The molecule has 2 N–H and O–H groups in total. The van der Waals surface area contributed by atoms with Crippen LogP contribution in [0.4, 0.5) is 4.39 Å². The summed E-state index contributed by atoms with van der Waals surface area (Å²) in [6.45, 7) is 0.390. The zero-order chi connectivity index (χ0) is 13.1. The van der Waals surface area contributed by atoms with Gasteiger partial charge in [0.2, 0.25) is 5.91 Å². The fourth-order valence-electron chi connectivity index (χ4n) is 1.91. The molecular formula is C12H13ClFN3O. The summed E-state index contributed by atoms with van der Waals surface area (Å²) in [5.74, 6) is 0.291. The van der Waals surface area contributed by atoms with E-state index in [9.17, 15) is 9.18 Å². The highest BCUT2D eigenvalue weighted by molar-refractivity contribution is 6.17. The molecule has 18 heavy (non-hydrogen) atoms. The van der Waals surface area contributed by atoms with Gasteiger partial charge >= 0.3 is 0 Å². The van der Waals surface area contributed by atoms with Gasteiger partial charge in [-0.3, -0.25) is 4.79 Å². The number of para-hydroxylation sites is 1. The van der Waals surface area contributed by atoms with Crippen molar-refractivity contribution in [3.63, 3.8) is 0 Å². The van der Waals surface area contributed by atoms with Crippen LogP contribution in [-0.2, 0) is 17.8 Å². The lowest BCUT2D eigenvalue weighted by molar-refractivity contribution is -0.118. The fourth-order valence-corrected chi connectivity index (χ4v) is 2.08. The number of carbonyl (C=O) groups is 1. The molecule has 1 aromatic heterocycles. The second kappa shape index (κ2) is 5.35. The molecule has 0 spiro atoms. The predicted molar refractivity (Wildman–Crippen MR) is 67.9 cm³/mol. The second-order valence-electron chi connectivity index (χ2n) is 3.94. The van der Waals surface area contributed by atoms with Crippen LogP contribution >= 0.6 is 11.6 Å². The molecular weight excluding hydrogens is 257 g/mol. The number of hydrogen-bond donors (Lipinski definition) is 1. The number of amides is 1. The van der Waals surface area contributed by atoms with Crippen LogP contribution in [0.3, 0.4) is 0 Å². The van der Waals surface area contributed by atoms with Crippen molar-refractivity contribution in [3.05, 3.63) is 29.8 Å². The molecule has 0 aliphatic rings. The summed E-state index contributed by atoms with van der Waals surface area (Å²) in [6, 6.07) is 4.74. The first kappa shape index (κ1) is 12.8. The Balaban J connectivity index is 2.48. The van der Waals surface area contributed by atoms with Gasteiger partial charge in [-0.2, -0.15) is 0 Å². The Morgan fingerprint density at radius 2 is 2.28 bits per heavy atom. The van der Waals surface area contributed by atoms with Crippen LogP contribution in [0.5, 0.6) is 0 Å². The summed E-state index contributed by atoms with van der Waals surface area (Å²) in [4.78, 5) is 15.1. The largest absolute Gasteiger partial charge is 0.370 e. The molecule has 0 aliphatic carbocycles. The van der Waals surface area contributed by atoms with Crippen LogP contribution in [0.25, 0.3) is 11.0 Å². The lowest BCUT2D eigenvalue weighted by Gasteiger charge is -2.06. The van der Waals surface area contributed by atoms with Crippen molar-refractivity contribution >= 4 is 28.5 Å². The molecule has 0 atom stereocenters. The number of benzene rings is 1. The number of hydrogen-bond acceptors (Lipinski definition) is 2. The molecule has 96 valence electrons. The van der Waals surface area contributed by atoms with Crippen molar-refractivity contribution in [1.29, 1.82) is 0 Å². The topological polar surface area (TPSA) is 60.9 Å². The molecule has 2 aromatic rings. The monoisotopic (exact) mass is 269 g/mol. The molecule has 0 radical (unpaired) electrons. The van der Waals surface area contributed by atoms with Gasteiger partial charge in [0.25, 0.3) is 0 Å². The maximum atomic E-state index is 13.6. The zero-order valence-corrected chi connectivity index (χ0v) is 10.5. The third-order valence-corrected chi connectivity index (χ3v) is 2.90. The fraction of sp³-hybridized carbons (Fsp3) is 0.333. The number of rotatable bonds is 5. The highest BCUT2D eigenvalue weighted by Crippen LogP contribution is 2.20. The number of halogens is 2. The first-order valence-electron chi connectivity index (χ1n) is 5.61. The summed E-state index contributed by atoms with van der Waals surface area (Å²) in [5, 5.41) is 0. The molecule has 0 aliphatic heterocycles. The molecule has 0 unspecified atom stereocenters. The van der Waals surface area contributed by atoms with E-state index in [4.69, 9.17) is 17.3 Å². The van der Waals surface area contributed by atoms with Crippen molar-refractivity contribution in [2.45, 2.75) is 19.4 Å². The van der Waals surface area contributed by atoms with Crippen molar-refractivity contribution in [1.82, 2.24) is 9.55 Å². The Labute approximate surface area is 109 Å². The molecule has 0 fully saturated rings. The average molecular weight is 270 g/mol. The van der Waals surface area contributed by atoms with E-state index in [2.05, 4.69) is 4.98 Å². The van der Waals surface area contributed by atoms with Gasteiger partial charge in [-0.05, 0) is 12.1 Å². The van der Waals surface area contributed by atoms with E-state index in [1.807, 2.05) is 0 Å². The van der Waals surface area contributed by atoms with E-state index in [1.54, 1.807) is 16.7 Å². The third-order valence-electron chi connectivity index (χ3n) is 2.71. The summed E-state index contributed by atoms with van der Waals surface area (Å²) >= 11 is 5.70. The first-order valence-corrected chi connectivity index (χ1v) is 6.15. The molecule has 6 heteroatoms. The molecule has 0 bridgehead atoms. The Morgan fingerprint density at radius 1 is 1.50 bits per heavy atom. The van der Waals surface area contributed by atoms with Crippen molar-refractivity contribution in [2.75, 3.05) is 5.88 Å². The minimum Gasteiger partial charge on any atom is -0.370 e. The number of fused-ring (bicyclic) bond motifs is 1. The Kier molecular flexibility index (Phi) is 3.81. The van der Waals surface area contributed by atoms with Gasteiger partial charge < -0.3 is 10.3 Å². The summed E-state index contributed by atoms with van der Waals surface area (Å²) in [7, 11) is 0. The van der Waals surface area contributed by atoms with Crippen LogP contribution in [0.1, 0.15) is 12.2 Å². The summed E-state index contributed by atoms with van der Waals surface area (Å²) in [6.07, 6.45) is 0.714. The minimum absolute atomic E-state index is 0.192. The van der Waals surface area contributed by atoms with Crippen molar-refractivity contribution in [3.8, 4) is 0 Å². The smallest absolute Gasteiger partial charge is 0.219 e. The summed E-state index contributed by atoms with van der Waals surface area (Å²) in [5.41, 5.74) is 6.11. The number of aromatic nitrogens is 2. The highest BCUT2D eigenvalue weighted by atomic mass is 35.5. The number of alkyl halides is 1. The SMILES string of the molecule is NC(=O)CCn1c(CCCl)nc2c(F)cccc21. The van der Waals surface area contributed by atoms with E-state index >= 15 is 0 Å². The number of nitrogens with zero attached hydrogens (tertiary/aromatic N) is 2. The molecule has 2 rings (SSSR count). The Morgan fingerprint density at radius 3 is 2.94 bits per heavy atom. The third kappa shape index (κ3) is 2.46. The summed E-state index contributed by atoms with van der Waals surface area (Å²) < 4.78 is 15.4. The Hall–Kier alpha value is -1.62. The van der Waals surface area contributed by atoms with Gasteiger partial charge in [0, 0.05) is 25.3 Å². The maximum absolute atomic E-state index is 13.6. The number of aryl methyl sites for hydroxylation is 2. The lowest BCUT2D eigenvalue weighted by atomic mass is 10.3. The maximum Gasteiger partial charge on any atom is 0.219 e. The quantitative estimate of drug-likeness (QED) is 0.842. The van der Waals surface area contributed by atoms with Gasteiger partial charge in [-0.15, -0.1) is 11.6 Å². The van der Waals surface area contributed by atoms with Crippen LogP contribution < -0.4 is 5.73 Å².